The van der Waals surface area contributed by atoms with Gasteiger partial charge in [0.05, 0.1) is 23.7 Å². The highest BCUT2D eigenvalue weighted by Crippen LogP contribution is 2.19. The van der Waals surface area contributed by atoms with Gasteiger partial charge in [0.25, 0.3) is 11.5 Å². The van der Waals surface area contributed by atoms with E-state index in [0.717, 1.165) is 6.42 Å². The second-order valence-corrected chi connectivity index (χ2v) is 6.61. The Hall–Kier alpha value is -2.96. The van der Waals surface area contributed by atoms with Gasteiger partial charge in [-0.25, -0.2) is 9.36 Å². The second-order valence-electron chi connectivity index (χ2n) is 6.61. The highest BCUT2D eigenvalue weighted by atomic mass is 16.2. The normalized spacial score (nSPS) is 12.5. The van der Waals surface area contributed by atoms with Gasteiger partial charge in [-0.15, -0.1) is 0 Å². The molecule has 0 aliphatic rings. The fourth-order valence-electron chi connectivity index (χ4n) is 2.84. The van der Waals surface area contributed by atoms with Crippen molar-refractivity contribution in [2.24, 2.45) is 0 Å². The van der Waals surface area contributed by atoms with Crippen LogP contribution < -0.4 is 10.9 Å². The summed E-state index contributed by atoms with van der Waals surface area (Å²) in [5.41, 5.74) is 0.0302. The number of rotatable bonds is 5. The van der Waals surface area contributed by atoms with Crippen molar-refractivity contribution in [2.45, 2.75) is 46.2 Å². The van der Waals surface area contributed by atoms with E-state index in [1.54, 1.807) is 41.2 Å². The van der Waals surface area contributed by atoms with Gasteiger partial charge in [-0.1, -0.05) is 25.1 Å². The molecule has 26 heavy (non-hydrogen) atoms. The van der Waals surface area contributed by atoms with Gasteiger partial charge >= 0.3 is 0 Å². The van der Waals surface area contributed by atoms with Crippen LogP contribution in [0, 0.1) is 0 Å². The molecule has 2 heterocycles. The SMILES string of the molecule is CCC(C)n1nccc1NC(=O)c1nn(C(C)C)c(=O)c2ccccc12. The lowest BCUT2D eigenvalue weighted by molar-refractivity contribution is 0.102. The zero-order chi connectivity index (χ0) is 18.8. The van der Waals surface area contributed by atoms with E-state index >= 15 is 0 Å². The van der Waals surface area contributed by atoms with Gasteiger partial charge in [-0.3, -0.25) is 9.59 Å². The van der Waals surface area contributed by atoms with Crippen LogP contribution >= 0.6 is 0 Å². The molecule has 1 amide bonds. The third kappa shape index (κ3) is 3.12. The molecular formula is C19H23N5O2. The molecule has 0 saturated carbocycles. The lowest BCUT2D eigenvalue weighted by atomic mass is 10.1. The average Bonchev–Trinajstić information content (AvgIpc) is 3.09. The molecule has 0 aliphatic heterocycles. The largest absolute Gasteiger partial charge is 0.305 e. The van der Waals surface area contributed by atoms with Crippen molar-refractivity contribution in [3.05, 3.63) is 52.6 Å². The standard InChI is InChI=1S/C19H23N5O2/c1-5-13(4)24-16(10-11-20-24)21-18(25)17-14-8-6-7-9-15(14)19(26)23(22-17)12(2)3/h6-13H,5H2,1-4H3,(H,21,25). The predicted octanol–water partition coefficient (Wildman–Crippen LogP) is 3.40. The molecule has 7 nitrogen and oxygen atoms in total. The van der Waals surface area contributed by atoms with Crippen LogP contribution in [0.4, 0.5) is 5.82 Å². The molecule has 7 heteroatoms. The minimum Gasteiger partial charge on any atom is -0.305 e. The van der Waals surface area contributed by atoms with Crippen molar-refractivity contribution >= 4 is 22.5 Å². The maximum atomic E-state index is 12.9. The van der Waals surface area contributed by atoms with Crippen LogP contribution in [-0.4, -0.2) is 25.5 Å². The van der Waals surface area contributed by atoms with Gasteiger partial charge < -0.3 is 5.32 Å². The van der Waals surface area contributed by atoms with E-state index in [-0.39, 0.29) is 29.2 Å². The van der Waals surface area contributed by atoms with E-state index in [2.05, 4.69) is 22.4 Å². The lowest BCUT2D eigenvalue weighted by Gasteiger charge is -2.16. The molecule has 0 bridgehead atoms. The summed E-state index contributed by atoms with van der Waals surface area (Å²) in [6.07, 6.45) is 2.55. The summed E-state index contributed by atoms with van der Waals surface area (Å²) in [5.74, 6) is 0.248. The maximum absolute atomic E-state index is 12.9. The topological polar surface area (TPSA) is 81.8 Å². The number of hydrogen-bond acceptors (Lipinski definition) is 4. The van der Waals surface area contributed by atoms with Crippen LogP contribution in [-0.2, 0) is 0 Å². The van der Waals surface area contributed by atoms with E-state index in [9.17, 15) is 9.59 Å². The third-order valence-electron chi connectivity index (χ3n) is 4.45. The monoisotopic (exact) mass is 353 g/mol. The summed E-state index contributed by atoms with van der Waals surface area (Å²) in [7, 11) is 0. The summed E-state index contributed by atoms with van der Waals surface area (Å²) in [6, 6.07) is 8.81. The predicted molar refractivity (Wildman–Crippen MR) is 102 cm³/mol. The summed E-state index contributed by atoms with van der Waals surface area (Å²) in [4.78, 5) is 25.5. The molecular weight excluding hydrogens is 330 g/mol. The molecule has 0 spiro atoms. The Kier molecular flexibility index (Phi) is 4.88. The summed E-state index contributed by atoms with van der Waals surface area (Å²) in [5, 5.41) is 12.5. The van der Waals surface area contributed by atoms with Gasteiger partial charge in [-0.05, 0) is 33.3 Å². The number of fused-ring (bicyclic) bond motifs is 1. The number of carbonyl (C=O) groups excluding carboxylic acids is 1. The Morgan fingerprint density at radius 1 is 1.12 bits per heavy atom. The number of anilines is 1. The molecule has 1 N–H and O–H groups in total. The first kappa shape index (κ1) is 17.8. The molecule has 0 saturated heterocycles. The van der Waals surface area contributed by atoms with Gasteiger partial charge in [0.15, 0.2) is 5.69 Å². The molecule has 2 aromatic heterocycles. The van der Waals surface area contributed by atoms with E-state index in [1.165, 1.54) is 4.68 Å². The van der Waals surface area contributed by atoms with E-state index < -0.39 is 0 Å². The number of amides is 1. The van der Waals surface area contributed by atoms with Crippen molar-refractivity contribution in [3.63, 3.8) is 0 Å². The molecule has 0 radical (unpaired) electrons. The third-order valence-corrected chi connectivity index (χ3v) is 4.45. The number of hydrogen-bond donors (Lipinski definition) is 1. The van der Waals surface area contributed by atoms with Crippen molar-refractivity contribution in [1.82, 2.24) is 19.6 Å². The maximum Gasteiger partial charge on any atom is 0.277 e. The highest BCUT2D eigenvalue weighted by molar-refractivity contribution is 6.10. The Labute approximate surface area is 151 Å². The zero-order valence-corrected chi connectivity index (χ0v) is 15.4. The molecule has 0 aliphatic carbocycles. The molecule has 3 aromatic rings. The smallest absolute Gasteiger partial charge is 0.277 e. The van der Waals surface area contributed by atoms with Crippen LogP contribution in [0.1, 0.15) is 56.7 Å². The van der Waals surface area contributed by atoms with Crippen LogP contribution in [0.25, 0.3) is 10.8 Å². The Bertz CT molecular complexity index is 1000. The van der Waals surface area contributed by atoms with Crippen LogP contribution in [0.2, 0.25) is 0 Å². The van der Waals surface area contributed by atoms with E-state index in [1.807, 2.05) is 20.8 Å². The van der Waals surface area contributed by atoms with E-state index in [4.69, 9.17) is 0 Å². The lowest BCUT2D eigenvalue weighted by Crippen LogP contribution is -2.29. The molecule has 1 unspecified atom stereocenters. The first-order valence-corrected chi connectivity index (χ1v) is 8.80. The number of benzene rings is 1. The molecule has 3 rings (SSSR count). The molecule has 0 fully saturated rings. The second kappa shape index (κ2) is 7.11. The van der Waals surface area contributed by atoms with Crippen molar-refractivity contribution in [1.29, 1.82) is 0 Å². The molecule has 1 aromatic carbocycles. The minimum atomic E-state index is -0.361. The zero-order valence-electron chi connectivity index (χ0n) is 15.4. The quantitative estimate of drug-likeness (QED) is 0.762. The van der Waals surface area contributed by atoms with Gasteiger partial charge in [0, 0.05) is 11.5 Å². The number of nitrogens with one attached hydrogen (secondary N) is 1. The van der Waals surface area contributed by atoms with Gasteiger partial charge in [-0.2, -0.15) is 10.2 Å². The Morgan fingerprint density at radius 2 is 1.81 bits per heavy atom. The summed E-state index contributed by atoms with van der Waals surface area (Å²) in [6.45, 7) is 7.83. The van der Waals surface area contributed by atoms with Crippen LogP contribution in [0.5, 0.6) is 0 Å². The highest BCUT2D eigenvalue weighted by Gasteiger charge is 2.19. The fraction of sp³-hybridized carbons (Fsp3) is 0.368. The number of aromatic nitrogens is 4. The van der Waals surface area contributed by atoms with Crippen molar-refractivity contribution in [2.75, 3.05) is 5.32 Å². The Morgan fingerprint density at radius 3 is 2.46 bits per heavy atom. The average molecular weight is 353 g/mol. The van der Waals surface area contributed by atoms with Gasteiger partial charge in [0.2, 0.25) is 0 Å². The summed E-state index contributed by atoms with van der Waals surface area (Å²) < 4.78 is 3.13. The van der Waals surface area contributed by atoms with E-state index in [0.29, 0.717) is 16.6 Å². The fourth-order valence-corrected chi connectivity index (χ4v) is 2.84. The van der Waals surface area contributed by atoms with Crippen LogP contribution in [0.3, 0.4) is 0 Å². The van der Waals surface area contributed by atoms with Crippen LogP contribution in [0.15, 0.2) is 41.3 Å². The molecule has 1 atom stereocenters. The molecule has 136 valence electrons. The summed E-state index contributed by atoms with van der Waals surface area (Å²) >= 11 is 0. The Balaban J connectivity index is 2.08. The van der Waals surface area contributed by atoms with Crippen molar-refractivity contribution < 1.29 is 4.79 Å². The van der Waals surface area contributed by atoms with Crippen molar-refractivity contribution in [3.8, 4) is 0 Å². The van der Waals surface area contributed by atoms with Gasteiger partial charge in [0.1, 0.15) is 5.82 Å². The first-order chi connectivity index (χ1) is 12.4. The minimum absolute atomic E-state index is 0.149. The first-order valence-electron chi connectivity index (χ1n) is 8.80. The number of carbonyl (C=O) groups is 1. The number of nitrogens with zero attached hydrogens (tertiary/aromatic N) is 4.